The number of ether oxygens (including phenoxy) is 1. The maximum atomic E-state index is 9.92. The third-order valence-electron chi connectivity index (χ3n) is 3.06. The number of methoxy groups -OCH3 is 1. The second-order valence-electron chi connectivity index (χ2n) is 4.28. The smallest absolute Gasteiger partial charge is 0.137 e. The number of anilines is 1. The second-order valence-corrected chi connectivity index (χ2v) is 4.69. The predicted octanol–water partition coefficient (Wildman–Crippen LogP) is 2.68. The molecule has 0 bridgehead atoms. The van der Waals surface area contributed by atoms with Crippen molar-refractivity contribution in [2.24, 2.45) is 0 Å². The molecule has 3 nitrogen and oxygen atoms in total. The molecule has 0 atom stereocenters. The molecule has 0 heterocycles. The lowest BCUT2D eigenvalue weighted by molar-refractivity contribution is -0.0201. The number of benzene rings is 1. The molecule has 2 N–H and O–H groups in total. The summed E-state index contributed by atoms with van der Waals surface area (Å²) >= 11 is 6.00. The Bertz CT molecular complexity index is 377. The van der Waals surface area contributed by atoms with Crippen molar-refractivity contribution in [2.45, 2.75) is 24.9 Å². The van der Waals surface area contributed by atoms with Gasteiger partial charge in [0, 0.05) is 12.2 Å². The Kier molecular flexibility index (Phi) is 3.26. The Hall–Kier alpha value is -0.930. The summed E-state index contributed by atoms with van der Waals surface area (Å²) in [7, 11) is 1.59. The van der Waals surface area contributed by atoms with Gasteiger partial charge in [-0.1, -0.05) is 11.6 Å². The van der Waals surface area contributed by atoms with Crippen LogP contribution in [0.4, 0.5) is 5.69 Å². The molecule has 0 spiro atoms. The van der Waals surface area contributed by atoms with Crippen LogP contribution in [0.2, 0.25) is 5.02 Å². The van der Waals surface area contributed by atoms with Crippen LogP contribution in [0.1, 0.15) is 19.3 Å². The highest BCUT2D eigenvalue weighted by Gasteiger charge is 2.33. The van der Waals surface area contributed by atoms with Crippen molar-refractivity contribution < 1.29 is 9.84 Å². The van der Waals surface area contributed by atoms with E-state index in [1.54, 1.807) is 7.11 Å². The van der Waals surface area contributed by atoms with Crippen molar-refractivity contribution in [1.29, 1.82) is 0 Å². The molecule has 0 aromatic heterocycles. The Morgan fingerprint density at radius 3 is 2.75 bits per heavy atom. The monoisotopic (exact) mass is 241 g/mol. The first-order valence-corrected chi connectivity index (χ1v) is 5.81. The number of rotatable bonds is 4. The molecule has 1 saturated carbocycles. The maximum absolute atomic E-state index is 9.92. The lowest BCUT2D eigenvalue weighted by Crippen LogP contribution is -2.43. The third kappa shape index (κ3) is 2.42. The lowest BCUT2D eigenvalue weighted by atomic mass is 9.80. The maximum Gasteiger partial charge on any atom is 0.137 e. The van der Waals surface area contributed by atoms with Gasteiger partial charge in [0.2, 0.25) is 0 Å². The minimum absolute atomic E-state index is 0.521. The minimum atomic E-state index is -0.521. The van der Waals surface area contributed by atoms with Crippen LogP contribution in [0.3, 0.4) is 0 Å². The van der Waals surface area contributed by atoms with Crippen molar-refractivity contribution >= 4 is 17.3 Å². The molecule has 4 heteroatoms. The molecular weight excluding hydrogens is 226 g/mol. The van der Waals surface area contributed by atoms with Crippen LogP contribution in [0.25, 0.3) is 0 Å². The molecule has 1 fully saturated rings. The highest BCUT2D eigenvalue weighted by Crippen LogP contribution is 2.32. The van der Waals surface area contributed by atoms with Crippen molar-refractivity contribution in [2.75, 3.05) is 19.0 Å². The molecule has 0 saturated heterocycles. The van der Waals surface area contributed by atoms with Gasteiger partial charge in [-0.3, -0.25) is 0 Å². The summed E-state index contributed by atoms with van der Waals surface area (Å²) in [5.74, 6) is 0.662. The van der Waals surface area contributed by atoms with Gasteiger partial charge in [0.1, 0.15) is 5.75 Å². The first-order chi connectivity index (χ1) is 7.63. The van der Waals surface area contributed by atoms with E-state index in [1.807, 2.05) is 18.2 Å². The number of hydrogen-bond acceptors (Lipinski definition) is 3. The number of aliphatic hydroxyl groups is 1. The molecule has 0 amide bonds. The standard InChI is InChI=1S/C12H16ClNO2/c1-16-11-4-3-9(7-10(11)13)14-8-12(15)5-2-6-12/h3-4,7,14-15H,2,5-6,8H2,1H3. The lowest BCUT2D eigenvalue weighted by Gasteiger charge is -2.36. The Morgan fingerprint density at radius 1 is 1.50 bits per heavy atom. The first-order valence-electron chi connectivity index (χ1n) is 5.43. The van der Waals surface area contributed by atoms with E-state index in [4.69, 9.17) is 16.3 Å². The van der Waals surface area contributed by atoms with E-state index in [2.05, 4.69) is 5.32 Å². The van der Waals surface area contributed by atoms with Crippen LogP contribution in [0.5, 0.6) is 5.75 Å². The topological polar surface area (TPSA) is 41.5 Å². The van der Waals surface area contributed by atoms with Gasteiger partial charge in [0.15, 0.2) is 0 Å². The average Bonchev–Trinajstić information content (AvgIpc) is 2.24. The van der Waals surface area contributed by atoms with E-state index < -0.39 is 5.60 Å². The molecule has 0 radical (unpaired) electrons. The minimum Gasteiger partial charge on any atom is -0.495 e. The normalized spacial score (nSPS) is 17.7. The van der Waals surface area contributed by atoms with Crippen LogP contribution in [0, 0.1) is 0 Å². The average molecular weight is 242 g/mol. The van der Waals surface area contributed by atoms with E-state index in [0.29, 0.717) is 17.3 Å². The van der Waals surface area contributed by atoms with Gasteiger partial charge in [-0.2, -0.15) is 0 Å². The van der Waals surface area contributed by atoms with Crippen LogP contribution >= 0.6 is 11.6 Å². The van der Waals surface area contributed by atoms with E-state index >= 15 is 0 Å². The van der Waals surface area contributed by atoms with E-state index in [1.165, 1.54) is 0 Å². The van der Waals surface area contributed by atoms with Gasteiger partial charge in [-0.25, -0.2) is 0 Å². The Labute approximate surface area is 100 Å². The molecule has 16 heavy (non-hydrogen) atoms. The zero-order valence-electron chi connectivity index (χ0n) is 9.29. The number of nitrogens with one attached hydrogen (secondary N) is 1. The van der Waals surface area contributed by atoms with E-state index in [0.717, 1.165) is 24.9 Å². The largest absolute Gasteiger partial charge is 0.495 e. The van der Waals surface area contributed by atoms with Crippen LogP contribution < -0.4 is 10.1 Å². The zero-order valence-corrected chi connectivity index (χ0v) is 10.0. The van der Waals surface area contributed by atoms with Crippen LogP contribution in [0.15, 0.2) is 18.2 Å². The third-order valence-corrected chi connectivity index (χ3v) is 3.35. The van der Waals surface area contributed by atoms with Crippen LogP contribution in [-0.4, -0.2) is 24.4 Å². The highest BCUT2D eigenvalue weighted by molar-refractivity contribution is 6.32. The van der Waals surface area contributed by atoms with Crippen molar-refractivity contribution in [1.82, 2.24) is 0 Å². The molecule has 1 aromatic rings. The second kappa shape index (κ2) is 4.52. The zero-order chi connectivity index (χ0) is 11.6. The van der Waals surface area contributed by atoms with Crippen molar-refractivity contribution in [3.05, 3.63) is 23.2 Å². The molecule has 0 aliphatic heterocycles. The molecule has 2 rings (SSSR count). The quantitative estimate of drug-likeness (QED) is 0.852. The van der Waals surface area contributed by atoms with Gasteiger partial charge in [-0.15, -0.1) is 0 Å². The van der Waals surface area contributed by atoms with Gasteiger partial charge in [0.05, 0.1) is 17.7 Å². The summed E-state index contributed by atoms with van der Waals surface area (Å²) in [5, 5.41) is 13.7. The van der Waals surface area contributed by atoms with Crippen LogP contribution in [-0.2, 0) is 0 Å². The number of halogens is 1. The summed E-state index contributed by atoms with van der Waals surface area (Å²) in [6, 6.07) is 5.52. The highest BCUT2D eigenvalue weighted by atomic mass is 35.5. The summed E-state index contributed by atoms with van der Waals surface area (Å²) in [6.45, 7) is 0.579. The molecule has 88 valence electrons. The Balaban J connectivity index is 1.97. The fourth-order valence-electron chi connectivity index (χ4n) is 1.80. The Morgan fingerprint density at radius 2 is 2.25 bits per heavy atom. The predicted molar refractivity (Wildman–Crippen MR) is 65.3 cm³/mol. The molecular formula is C12H16ClNO2. The summed E-state index contributed by atoms with van der Waals surface area (Å²) in [4.78, 5) is 0. The fourth-order valence-corrected chi connectivity index (χ4v) is 2.06. The molecule has 0 unspecified atom stereocenters. The van der Waals surface area contributed by atoms with E-state index in [-0.39, 0.29) is 0 Å². The summed E-state index contributed by atoms with van der Waals surface area (Å²) in [5.41, 5.74) is 0.387. The van der Waals surface area contributed by atoms with Gasteiger partial charge in [-0.05, 0) is 37.5 Å². The van der Waals surface area contributed by atoms with Gasteiger partial charge < -0.3 is 15.2 Å². The molecule has 1 aliphatic carbocycles. The van der Waals surface area contributed by atoms with Gasteiger partial charge in [0.25, 0.3) is 0 Å². The fraction of sp³-hybridized carbons (Fsp3) is 0.500. The van der Waals surface area contributed by atoms with Gasteiger partial charge >= 0.3 is 0 Å². The summed E-state index contributed by atoms with van der Waals surface area (Å²) < 4.78 is 5.07. The summed E-state index contributed by atoms with van der Waals surface area (Å²) in [6.07, 6.45) is 2.87. The van der Waals surface area contributed by atoms with Crippen molar-refractivity contribution in [3.63, 3.8) is 0 Å². The molecule has 1 aliphatic rings. The van der Waals surface area contributed by atoms with Crippen molar-refractivity contribution in [3.8, 4) is 5.75 Å². The SMILES string of the molecule is COc1ccc(NCC2(O)CCC2)cc1Cl. The van der Waals surface area contributed by atoms with E-state index in [9.17, 15) is 5.11 Å². The molecule has 1 aromatic carbocycles. The number of hydrogen-bond donors (Lipinski definition) is 2. The first kappa shape index (κ1) is 11.6.